The maximum atomic E-state index is 14.3. The Bertz CT molecular complexity index is 1830. The van der Waals surface area contributed by atoms with Gasteiger partial charge in [-0.05, 0) is 59.7 Å². The molecule has 224 valence electrons. The summed E-state index contributed by atoms with van der Waals surface area (Å²) >= 11 is 0. The van der Waals surface area contributed by atoms with Gasteiger partial charge in [-0.25, -0.2) is 9.07 Å². The first-order valence-corrected chi connectivity index (χ1v) is 13.7. The highest BCUT2D eigenvalue weighted by atomic mass is 19.1. The molecule has 2 amide bonds. The maximum absolute atomic E-state index is 14.3. The number of nitrogens with one attached hydrogen (secondary N) is 1. The number of benzene rings is 4. The predicted octanol–water partition coefficient (Wildman–Crippen LogP) is 4.73. The molecule has 6 rings (SSSR count). The number of methoxy groups -OCH3 is 2. The molecule has 0 saturated heterocycles. The van der Waals surface area contributed by atoms with Crippen LogP contribution in [0, 0.1) is 5.82 Å². The van der Waals surface area contributed by atoms with E-state index in [9.17, 15) is 14.0 Å². The van der Waals surface area contributed by atoms with Crippen LogP contribution >= 0.6 is 0 Å². The monoisotopic (exact) mass is 597 g/mol. The molecule has 0 radical (unpaired) electrons. The van der Waals surface area contributed by atoms with E-state index in [1.807, 2.05) is 18.2 Å². The van der Waals surface area contributed by atoms with Gasteiger partial charge in [-0.3, -0.25) is 9.59 Å². The third kappa shape index (κ3) is 5.82. The van der Waals surface area contributed by atoms with E-state index in [-0.39, 0.29) is 19.9 Å². The van der Waals surface area contributed by atoms with Crippen LogP contribution in [0.4, 0.5) is 10.1 Å². The van der Waals surface area contributed by atoms with Crippen LogP contribution in [-0.2, 0) is 22.7 Å². The Morgan fingerprint density at radius 2 is 1.77 bits per heavy atom. The minimum atomic E-state index is -1.16. The molecule has 0 fully saturated rings. The Morgan fingerprint density at radius 1 is 0.977 bits per heavy atom. The Hall–Kier alpha value is -5.65. The number of carbonyl (C=O) groups is 2. The molecule has 44 heavy (non-hydrogen) atoms. The van der Waals surface area contributed by atoms with Crippen molar-refractivity contribution < 1.29 is 32.9 Å². The smallest absolute Gasteiger partial charge is 0.251 e. The van der Waals surface area contributed by atoms with E-state index < -0.39 is 23.7 Å². The van der Waals surface area contributed by atoms with Crippen molar-refractivity contribution in [2.24, 2.45) is 0 Å². The summed E-state index contributed by atoms with van der Waals surface area (Å²) in [5, 5.41) is 11.2. The number of aromatic nitrogens is 3. The number of amides is 2. The van der Waals surface area contributed by atoms with Gasteiger partial charge in [-0.2, -0.15) is 0 Å². The van der Waals surface area contributed by atoms with Gasteiger partial charge in [0, 0.05) is 12.6 Å². The fraction of sp³-hybridized carbons (Fsp3) is 0.188. The first-order valence-electron chi connectivity index (χ1n) is 13.7. The number of anilines is 1. The van der Waals surface area contributed by atoms with E-state index >= 15 is 0 Å². The van der Waals surface area contributed by atoms with Gasteiger partial charge in [0.1, 0.15) is 35.4 Å². The summed E-state index contributed by atoms with van der Waals surface area (Å²) < 4.78 is 37.2. The summed E-state index contributed by atoms with van der Waals surface area (Å²) in [6.45, 7) is -0.184. The highest BCUT2D eigenvalue weighted by Crippen LogP contribution is 2.37. The van der Waals surface area contributed by atoms with Crippen molar-refractivity contribution in [3.63, 3.8) is 0 Å². The van der Waals surface area contributed by atoms with Gasteiger partial charge in [0.05, 0.1) is 25.4 Å². The van der Waals surface area contributed by atoms with Gasteiger partial charge >= 0.3 is 0 Å². The highest BCUT2D eigenvalue weighted by Gasteiger charge is 2.34. The zero-order chi connectivity index (χ0) is 30.6. The molecule has 0 bridgehead atoms. The molecule has 1 aliphatic rings. The van der Waals surface area contributed by atoms with E-state index in [0.29, 0.717) is 50.8 Å². The van der Waals surface area contributed by atoms with Crippen molar-refractivity contribution in [1.29, 1.82) is 0 Å². The molecule has 1 atom stereocenters. The number of hydrogen-bond acceptors (Lipinski definition) is 8. The van der Waals surface area contributed by atoms with Crippen LogP contribution in [0.2, 0.25) is 0 Å². The average Bonchev–Trinajstić information content (AvgIpc) is 3.68. The lowest BCUT2D eigenvalue weighted by molar-refractivity contribution is -0.140. The van der Waals surface area contributed by atoms with E-state index in [1.165, 1.54) is 35.9 Å². The van der Waals surface area contributed by atoms with Crippen molar-refractivity contribution in [3.05, 3.63) is 102 Å². The van der Waals surface area contributed by atoms with Crippen LogP contribution < -0.4 is 24.3 Å². The summed E-state index contributed by atoms with van der Waals surface area (Å²) in [5.74, 6) is 0.509. The summed E-state index contributed by atoms with van der Waals surface area (Å²) in [4.78, 5) is 29.9. The van der Waals surface area contributed by atoms with E-state index in [2.05, 4.69) is 15.6 Å². The van der Waals surface area contributed by atoms with Crippen molar-refractivity contribution in [1.82, 2.24) is 19.9 Å². The third-order valence-corrected chi connectivity index (χ3v) is 7.23. The molecule has 1 aromatic heterocycles. The van der Waals surface area contributed by atoms with E-state index in [1.54, 1.807) is 54.6 Å². The number of hydrogen-bond donors (Lipinski definition) is 1. The van der Waals surface area contributed by atoms with Gasteiger partial charge in [0.2, 0.25) is 12.7 Å². The lowest BCUT2D eigenvalue weighted by Crippen LogP contribution is -2.42. The number of rotatable bonds is 10. The summed E-state index contributed by atoms with van der Waals surface area (Å²) in [7, 11) is 3.01. The first kappa shape index (κ1) is 28.5. The van der Waals surface area contributed by atoms with Crippen molar-refractivity contribution >= 4 is 28.5 Å². The zero-order valence-corrected chi connectivity index (χ0v) is 23.9. The molecule has 12 heteroatoms. The second kappa shape index (κ2) is 12.3. The summed E-state index contributed by atoms with van der Waals surface area (Å²) in [5.41, 5.74) is 2.75. The van der Waals surface area contributed by atoms with Gasteiger partial charge in [-0.15, -0.1) is 5.10 Å². The lowest BCUT2D eigenvalue weighted by atomic mass is 10.0. The Balaban J connectivity index is 1.42. The highest BCUT2D eigenvalue weighted by molar-refractivity contribution is 5.99. The SMILES string of the molecule is COc1ccc(NC(=O)C(c2ccc3c(c2)OCO3)N(Cc2ccc(F)cc2)C(=O)Cn2nnc3ccccc32)c(OC)c1. The normalized spacial score (nSPS) is 12.5. The molecule has 5 aromatic rings. The van der Waals surface area contributed by atoms with Crippen LogP contribution in [-0.4, -0.2) is 52.7 Å². The Labute approximate surface area is 251 Å². The number of carbonyl (C=O) groups excluding carboxylic acids is 2. The van der Waals surface area contributed by atoms with Crippen LogP contribution in [0.25, 0.3) is 11.0 Å². The molecule has 11 nitrogen and oxygen atoms in total. The molecule has 1 N–H and O–H groups in total. The van der Waals surface area contributed by atoms with Crippen molar-refractivity contribution in [3.8, 4) is 23.0 Å². The fourth-order valence-electron chi connectivity index (χ4n) is 5.02. The van der Waals surface area contributed by atoms with E-state index in [0.717, 1.165) is 0 Å². The molecule has 1 aliphatic heterocycles. The van der Waals surface area contributed by atoms with Crippen LogP contribution in [0.15, 0.2) is 84.9 Å². The Morgan fingerprint density at radius 3 is 2.57 bits per heavy atom. The van der Waals surface area contributed by atoms with Crippen LogP contribution in [0.1, 0.15) is 17.2 Å². The molecule has 4 aromatic carbocycles. The lowest BCUT2D eigenvalue weighted by Gasteiger charge is -2.32. The molecule has 0 aliphatic carbocycles. The number of fused-ring (bicyclic) bond motifs is 2. The number of nitrogens with zero attached hydrogens (tertiary/aromatic N) is 4. The van der Waals surface area contributed by atoms with Gasteiger partial charge in [0.25, 0.3) is 5.91 Å². The van der Waals surface area contributed by atoms with Gasteiger partial charge < -0.3 is 29.2 Å². The summed E-state index contributed by atoms with van der Waals surface area (Å²) in [6, 6.07) is 21.9. The molecule has 0 saturated carbocycles. The molecule has 1 unspecified atom stereocenters. The second-order valence-electron chi connectivity index (χ2n) is 9.95. The standard InChI is InChI=1S/C32H28FN5O6/c1-41-23-12-13-25(28(16-23)42-2)34-32(40)31(21-9-14-27-29(15-21)44-19-43-27)37(17-20-7-10-22(33)11-8-20)30(39)18-38-26-6-4-3-5-24(26)35-36-38/h3-16,31H,17-19H2,1-2H3,(H,34,40). The van der Waals surface area contributed by atoms with Crippen LogP contribution in [0.3, 0.4) is 0 Å². The maximum Gasteiger partial charge on any atom is 0.251 e. The first-order chi connectivity index (χ1) is 21.4. The van der Waals surface area contributed by atoms with Gasteiger partial charge in [0.15, 0.2) is 11.5 Å². The number of halogens is 1. The number of para-hydroxylation sites is 1. The minimum Gasteiger partial charge on any atom is -0.497 e. The van der Waals surface area contributed by atoms with Crippen molar-refractivity contribution in [2.45, 2.75) is 19.1 Å². The quantitative estimate of drug-likeness (QED) is 0.246. The third-order valence-electron chi connectivity index (χ3n) is 7.23. The molecular weight excluding hydrogens is 569 g/mol. The van der Waals surface area contributed by atoms with E-state index in [4.69, 9.17) is 18.9 Å². The molecule has 0 spiro atoms. The number of ether oxygens (including phenoxy) is 4. The topological polar surface area (TPSA) is 117 Å². The van der Waals surface area contributed by atoms with Crippen molar-refractivity contribution in [2.75, 3.05) is 26.3 Å². The fourth-order valence-corrected chi connectivity index (χ4v) is 5.02. The van der Waals surface area contributed by atoms with Crippen LogP contribution in [0.5, 0.6) is 23.0 Å². The largest absolute Gasteiger partial charge is 0.497 e. The Kier molecular flexibility index (Phi) is 7.96. The minimum absolute atomic E-state index is 0.0159. The zero-order valence-electron chi connectivity index (χ0n) is 23.9. The molecule has 2 heterocycles. The average molecular weight is 598 g/mol. The second-order valence-corrected chi connectivity index (χ2v) is 9.95. The predicted molar refractivity (Wildman–Crippen MR) is 158 cm³/mol. The molecular formula is C32H28FN5O6. The van der Waals surface area contributed by atoms with Gasteiger partial charge in [-0.1, -0.05) is 35.5 Å². The summed E-state index contributed by atoms with van der Waals surface area (Å²) in [6.07, 6.45) is 0.